The lowest BCUT2D eigenvalue weighted by Crippen LogP contribution is -2.82. The van der Waals surface area contributed by atoms with Gasteiger partial charge in [0.1, 0.15) is 12.4 Å². The molecule has 0 fully saturated rings. The summed E-state index contributed by atoms with van der Waals surface area (Å²) in [5.41, 5.74) is 4.94. The first-order chi connectivity index (χ1) is 11.3. The Morgan fingerprint density at radius 2 is 1.87 bits per heavy atom. The van der Waals surface area contributed by atoms with Gasteiger partial charge in [0.2, 0.25) is 11.3 Å². The Bertz CT molecular complexity index is 671. The Balaban J connectivity index is 1.94. The van der Waals surface area contributed by atoms with Crippen LogP contribution in [0.25, 0.3) is 0 Å². The molecule has 5 heteroatoms. The molecule has 0 bridgehead atoms. The molecule has 0 spiro atoms. The Morgan fingerprint density at radius 1 is 1.13 bits per heavy atom. The average molecular weight is 326 g/mol. The maximum absolute atomic E-state index is 5.88. The molecule has 23 heavy (non-hydrogen) atoms. The SMILES string of the molecule is C=CCNC(=S)N[NH+]=Cc1ccccc1OCc1ccccc1. The second-order valence-electron chi connectivity index (χ2n) is 4.72. The van der Waals surface area contributed by atoms with Crippen molar-refractivity contribution in [1.82, 2.24) is 10.7 Å². The van der Waals surface area contributed by atoms with Gasteiger partial charge in [-0.25, -0.2) is 0 Å². The molecular formula is C18H20N3OS+. The first kappa shape index (κ1) is 16.7. The van der Waals surface area contributed by atoms with Gasteiger partial charge in [-0.05, 0) is 29.9 Å². The number of ether oxygens (including phenoxy) is 1. The van der Waals surface area contributed by atoms with E-state index in [0.29, 0.717) is 18.3 Å². The molecule has 0 heterocycles. The van der Waals surface area contributed by atoms with E-state index in [1.165, 1.54) is 0 Å². The van der Waals surface area contributed by atoms with Crippen molar-refractivity contribution >= 4 is 23.5 Å². The summed E-state index contributed by atoms with van der Waals surface area (Å²) in [7, 11) is 0. The molecule has 3 N–H and O–H groups in total. The van der Waals surface area contributed by atoms with E-state index in [2.05, 4.69) is 22.4 Å². The lowest BCUT2D eigenvalue weighted by atomic mass is 10.2. The Kier molecular flexibility index (Phi) is 6.81. The van der Waals surface area contributed by atoms with Gasteiger partial charge in [0.05, 0.1) is 5.56 Å². The highest BCUT2D eigenvalue weighted by Gasteiger charge is 2.04. The summed E-state index contributed by atoms with van der Waals surface area (Å²) in [4.78, 5) is 0. The zero-order valence-electron chi connectivity index (χ0n) is 12.8. The van der Waals surface area contributed by atoms with Crippen molar-refractivity contribution in [2.45, 2.75) is 6.61 Å². The van der Waals surface area contributed by atoms with Gasteiger partial charge >= 0.3 is 0 Å². The number of hydrazone groups is 1. The van der Waals surface area contributed by atoms with Crippen LogP contribution >= 0.6 is 12.2 Å². The summed E-state index contributed by atoms with van der Waals surface area (Å²) in [5.74, 6) is 0.802. The van der Waals surface area contributed by atoms with Crippen LogP contribution in [0.15, 0.2) is 67.3 Å². The second kappa shape index (κ2) is 9.38. The third-order valence-electron chi connectivity index (χ3n) is 2.98. The van der Waals surface area contributed by atoms with Crippen molar-refractivity contribution in [3.8, 4) is 5.75 Å². The normalized spacial score (nSPS) is 10.3. The first-order valence-electron chi connectivity index (χ1n) is 7.29. The fourth-order valence-electron chi connectivity index (χ4n) is 1.85. The van der Waals surface area contributed by atoms with Crippen molar-refractivity contribution in [3.05, 3.63) is 78.4 Å². The van der Waals surface area contributed by atoms with E-state index in [1.807, 2.05) is 60.8 Å². The number of hydrogen-bond donors (Lipinski definition) is 3. The van der Waals surface area contributed by atoms with Crippen molar-refractivity contribution in [3.63, 3.8) is 0 Å². The van der Waals surface area contributed by atoms with Crippen LogP contribution in [-0.2, 0) is 6.61 Å². The predicted octanol–water partition coefficient (Wildman–Crippen LogP) is 1.33. The van der Waals surface area contributed by atoms with Crippen molar-refractivity contribution in [2.75, 3.05) is 6.54 Å². The number of rotatable bonds is 7. The van der Waals surface area contributed by atoms with Gasteiger partial charge in [-0.15, -0.1) is 17.1 Å². The molecule has 2 aromatic rings. The molecule has 0 amide bonds. The quantitative estimate of drug-likeness (QED) is 0.311. The summed E-state index contributed by atoms with van der Waals surface area (Å²) < 4.78 is 5.88. The molecule has 0 aliphatic carbocycles. The number of hydrazine groups is 1. The molecule has 0 radical (unpaired) electrons. The average Bonchev–Trinajstić information content (AvgIpc) is 2.60. The van der Waals surface area contributed by atoms with E-state index in [1.54, 1.807) is 6.08 Å². The highest BCUT2D eigenvalue weighted by atomic mass is 32.1. The van der Waals surface area contributed by atoms with Crippen LogP contribution in [0, 0.1) is 0 Å². The van der Waals surface area contributed by atoms with Crippen LogP contribution in [0.4, 0.5) is 0 Å². The zero-order valence-corrected chi connectivity index (χ0v) is 13.6. The first-order valence-corrected chi connectivity index (χ1v) is 7.69. The van der Waals surface area contributed by atoms with Crippen LogP contribution < -0.4 is 20.6 Å². The lowest BCUT2D eigenvalue weighted by Gasteiger charge is -2.07. The number of hydrogen-bond acceptors (Lipinski definition) is 2. The summed E-state index contributed by atoms with van der Waals surface area (Å²) in [6.45, 7) is 4.76. The Hall–Kier alpha value is -2.66. The van der Waals surface area contributed by atoms with Crippen LogP contribution in [-0.4, -0.2) is 17.9 Å². The van der Waals surface area contributed by atoms with Crippen molar-refractivity contribution in [2.24, 2.45) is 0 Å². The number of para-hydroxylation sites is 1. The highest BCUT2D eigenvalue weighted by molar-refractivity contribution is 7.80. The summed E-state index contributed by atoms with van der Waals surface area (Å²) >= 11 is 5.10. The van der Waals surface area contributed by atoms with Crippen LogP contribution in [0.5, 0.6) is 5.75 Å². The van der Waals surface area contributed by atoms with Gasteiger partial charge in [0.15, 0.2) is 0 Å². The van der Waals surface area contributed by atoms with Crippen molar-refractivity contribution in [1.29, 1.82) is 0 Å². The minimum Gasteiger partial charge on any atom is -0.488 e. The van der Waals surface area contributed by atoms with Gasteiger partial charge in [-0.3, -0.25) is 0 Å². The third kappa shape index (κ3) is 5.92. The Labute approximate surface area is 141 Å². The van der Waals surface area contributed by atoms with E-state index in [-0.39, 0.29) is 0 Å². The molecule has 0 saturated carbocycles. The molecule has 118 valence electrons. The molecule has 2 rings (SSSR count). The topological polar surface area (TPSA) is 47.3 Å². The predicted molar refractivity (Wildman–Crippen MR) is 97.3 cm³/mol. The number of thiocarbonyl (C=S) groups is 1. The maximum atomic E-state index is 5.88. The van der Waals surface area contributed by atoms with Gasteiger partial charge in [0.25, 0.3) is 0 Å². The van der Waals surface area contributed by atoms with E-state index in [0.717, 1.165) is 16.9 Å². The van der Waals surface area contributed by atoms with Gasteiger partial charge in [-0.2, -0.15) is 0 Å². The second-order valence-corrected chi connectivity index (χ2v) is 5.13. The fourth-order valence-corrected chi connectivity index (χ4v) is 2.00. The van der Waals surface area contributed by atoms with Gasteiger partial charge in [-0.1, -0.05) is 48.5 Å². The van der Waals surface area contributed by atoms with Crippen LogP contribution in [0.1, 0.15) is 11.1 Å². The number of benzene rings is 2. The minimum absolute atomic E-state index is 0.504. The summed E-state index contributed by atoms with van der Waals surface area (Å²) in [6, 6.07) is 17.9. The molecule has 0 saturated heterocycles. The Morgan fingerprint density at radius 3 is 2.65 bits per heavy atom. The van der Waals surface area contributed by atoms with E-state index >= 15 is 0 Å². The third-order valence-corrected chi connectivity index (χ3v) is 3.22. The monoisotopic (exact) mass is 326 g/mol. The standard InChI is InChI=1S/C18H19N3OS/c1-2-12-19-18(23)21-20-13-16-10-6-7-11-17(16)22-14-15-8-4-3-5-9-15/h2-11,13H,1,12,14H2,(H2,19,21,23)/p+1. The van der Waals surface area contributed by atoms with E-state index < -0.39 is 0 Å². The largest absolute Gasteiger partial charge is 0.488 e. The highest BCUT2D eigenvalue weighted by Crippen LogP contribution is 2.16. The van der Waals surface area contributed by atoms with E-state index in [4.69, 9.17) is 17.0 Å². The lowest BCUT2D eigenvalue weighted by molar-refractivity contribution is -0.500. The maximum Gasteiger partial charge on any atom is 0.224 e. The molecule has 0 aliphatic rings. The van der Waals surface area contributed by atoms with E-state index in [9.17, 15) is 0 Å². The molecular weight excluding hydrogens is 306 g/mol. The minimum atomic E-state index is 0.504. The molecule has 0 atom stereocenters. The molecule has 0 aliphatic heterocycles. The zero-order chi connectivity index (χ0) is 16.3. The van der Waals surface area contributed by atoms with Gasteiger partial charge in [0, 0.05) is 6.54 Å². The van der Waals surface area contributed by atoms with Crippen molar-refractivity contribution < 1.29 is 9.84 Å². The molecule has 0 aromatic heterocycles. The van der Waals surface area contributed by atoms with Crippen LogP contribution in [0.3, 0.4) is 0 Å². The fraction of sp³-hybridized carbons (Fsp3) is 0.111. The summed E-state index contributed by atoms with van der Waals surface area (Å²) in [6.07, 6.45) is 3.55. The molecule has 4 nitrogen and oxygen atoms in total. The number of nitrogens with one attached hydrogen (secondary N) is 3. The molecule has 2 aromatic carbocycles. The molecule has 0 unspecified atom stereocenters. The van der Waals surface area contributed by atoms with Gasteiger partial charge < -0.3 is 10.1 Å². The van der Waals surface area contributed by atoms with Crippen LogP contribution in [0.2, 0.25) is 0 Å². The summed E-state index contributed by atoms with van der Waals surface area (Å²) in [5, 5.41) is 6.43. The smallest absolute Gasteiger partial charge is 0.224 e.